The van der Waals surface area contributed by atoms with Crippen molar-refractivity contribution < 1.29 is 0 Å². The monoisotopic (exact) mass is 276 g/mol. The minimum atomic E-state index is 0.327. The van der Waals surface area contributed by atoms with Crippen molar-refractivity contribution in [3.8, 4) is 0 Å². The number of aryl methyl sites for hydroxylation is 1. The fraction of sp³-hybridized carbons (Fsp3) is 0.438. The van der Waals surface area contributed by atoms with Crippen LogP contribution >= 0.6 is 11.6 Å². The van der Waals surface area contributed by atoms with Gasteiger partial charge in [-0.25, -0.2) is 4.98 Å². The molecule has 0 aliphatic carbocycles. The van der Waals surface area contributed by atoms with Crippen LogP contribution < -0.4 is 0 Å². The molecule has 19 heavy (non-hydrogen) atoms. The van der Waals surface area contributed by atoms with Crippen LogP contribution in [-0.2, 0) is 6.42 Å². The summed E-state index contributed by atoms with van der Waals surface area (Å²) in [6.45, 7) is 8.01. The van der Waals surface area contributed by atoms with Crippen LogP contribution in [0.2, 0.25) is 5.28 Å². The Balaban J connectivity index is 2.30. The van der Waals surface area contributed by atoms with E-state index in [1.807, 2.05) is 6.08 Å². The van der Waals surface area contributed by atoms with E-state index >= 15 is 0 Å². The van der Waals surface area contributed by atoms with Gasteiger partial charge >= 0.3 is 0 Å². The van der Waals surface area contributed by atoms with E-state index in [9.17, 15) is 0 Å². The SMILES string of the molecule is C=CCCCCc1cccc2c1nc(Cl)n2C(C)C. The predicted octanol–water partition coefficient (Wildman–Crippen LogP) is 5.17. The Labute approximate surface area is 120 Å². The smallest absolute Gasteiger partial charge is 0.204 e. The van der Waals surface area contributed by atoms with E-state index in [1.54, 1.807) is 0 Å². The molecule has 2 rings (SSSR count). The second kappa shape index (κ2) is 6.25. The molecule has 0 fully saturated rings. The van der Waals surface area contributed by atoms with E-state index in [2.05, 4.69) is 48.2 Å². The second-order valence-corrected chi connectivity index (χ2v) is 5.50. The van der Waals surface area contributed by atoms with E-state index < -0.39 is 0 Å². The average molecular weight is 277 g/mol. The van der Waals surface area contributed by atoms with E-state index in [4.69, 9.17) is 11.6 Å². The van der Waals surface area contributed by atoms with Gasteiger partial charge in [0.2, 0.25) is 5.28 Å². The van der Waals surface area contributed by atoms with Crippen molar-refractivity contribution in [2.24, 2.45) is 0 Å². The molecule has 1 aromatic carbocycles. The number of hydrogen-bond acceptors (Lipinski definition) is 1. The molecule has 0 atom stereocenters. The summed E-state index contributed by atoms with van der Waals surface area (Å²) in [5.74, 6) is 0. The van der Waals surface area contributed by atoms with Gasteiger partial charge in [0.05, 0.1) is 11.0 Å². The summed E-state index contributed by atoms with van der Waals surface area (Å²) in [7, 11) is 0. The quantitative estimate of drug-likeness (QED) is 0.526. The standard InChI is InChI=1S/C16H21ClN2/c1-4-5-6-7-9-13-10-8-11-14-15(13)18-16(17)19(14)12(2)3/h4,8,10-12H,1,5-7,9H2,2-3H3. The Kier molecular flexibility index (Phi) is 4.65. The van der Waals surface area contributed by atoms with Crippen molar-refractivity contribution in [1.82, 2.24) is 9.55 Å². The van der Waals surface area contributed by atoms with Crippen LogP contribution in [0.1, 0.15) is 44.7 Å². The van der Waals surface area contributed by atoms with Gasteiger partial charge in [0, 0.05) is 6.04 Å². The van der Waals surface area contributed by atoms with Gasteiger partial charge < -0.3 is 4.57 Å². The summed E-state index contributed by atoms with van der Waals surface area (Å²) in [4.78, 5) is 4.54. The number of halogens is 1. The molecule has 0 saturated heterocycles. The van der Waals surface area contributed by atoms with Crippen molar-refractivity contribution in [2.45, 2.75) is 45.6 Å². The number of benzene rings is 1. The van der Waals surface area contributed by atoms with Crippen molar-refractivity contribution in [3.05, 3.63) is 41.7 Å². The molecule has 0 saturated carbocycles. The number of unbranched alkanes of at least 4 members (excludes halogenated alkanes) is 2. The maximum absolute atomic E-state index is 6.26. The topological polar surface area (TPSA) is 17.8 Å². The largest absolute Gasteiger partial charge is 0.312 e. The van der Waals surface area contributed by atoms with Crippen molar-refractivity contribution in [1.29, 1.82) is 0 Å². The molecule has 2 nitrogen and oxygen atoms in total. The van der Waals surface area contributed by atoms with Gasteiger partial charge in [-0.2, -0.15) is 0 Å². The molecular formula is C16H21ClN2. The van der Waals surface area contributed by atoms with Gasteiger partial charge in [-0.15, -0.1) is 6.58 Å². The number of fused-ring (bicyclic) bond motifs is 1. The highest BCUT2D eigenvalue weighted by Gasteiger charge is 2.13. The second-order valence-electron chi connectivity index (χ2n) is 5.16. The molecule has 0 unspecified atom stereocenters. The Morgan fingerprint density at radius 1 is 1.37 bits per heavy atom. The number of nitrogens with zero attached hydrogens (tertiary/aromatic N) is 2. The molecule has 1 aromatic heterocycles. The number of aromatic nitrogens is 2. The number of rotatable bonds is 6. The van der Waals surface area contributed by atoms with Crippen LogP contribution in [0.15, 0.2) is 30.9 Å². The van der Waals surface area contributed by atoms with Crippen LogP contribution in [-0.4, -0.2) is 9.55 Å². The summed E-state index contributed by atoms with van der Waals surface area (Å²) in [5, 5.41) is 0.587. The molecule has 3 heteroatoms. The third-order valence-electron chi connectivity index (χ3n) is 3.38. The number of hydrogen-bond donors (Lipinski definition) is 0. The van der Waals surface area contributed by atoms with Crippen LogP contribution in [0, 0.1) is 0 Å². The normalized spacial score (nSPS) is 11.4. The highest BCUT2D eigenvalue weighted by atomic mass is 35.5. The zero-order chi connectivity index (χ0) is 13.8. The van der Waals surface area contributed by atoms with E-state index in [0.29, 0.717) is 11.3 Å². The van der Waals surface area contributed by atoms with Crippen LogP contribution in [0.25, 0.3) is 11.0 Å². The molecule has 102 valence electrons. The molecule has 1 heterocycles. The first-order chi connectivity index (χ1) is 9.15. The molecule has 0 amide bonds. The van der Waals surface area contributed by atoms with Crippen molar-refractivity contribution >= 4 is 22.6 Å². The lowest BCUT2D eigenvalue weighted by molar-refractivity contribution is 0.618. The molecule has 0 N–H and O–H groups in total. The summed E-state index contributed by atoms with van der Waals surface area (Å²) in [6.07, 6.45) is 6.45. The van der Waals surface area contributed by atoms with E-state index in [0.717, 1.165) is 30.3 Å². The summed E-state index contributed by atoms with van der Waals surface area (Å²) in [6, 6.07) is 6.68. The van der Waals surface area contributed by atoms with E-state index in [-0.39, 0.29) is 0 Å². The zero-order valence-electron chi connectivity index (χ0n) is 11.7. The first kappa shape index (κ1) is 14.1. The Morgan fingerprint density at radius 2 is 2.16 bits per heavy atom. The predicted molar refractivity (Wildman–Crippen MR) is 82.9 cm³/mol. The lowest BCUT2D eigenvalue weighted by Gasteiger charge is -2.09. The molecular weight excluding hydrogens is 256 g/mol. The summed E-state index contributed by atoms with van der Waals surface area (Å²) >= 11 is 6.26. The third kappa shape index (κ3) is 3.01. The molecule has 0 spiro atoms. The Morgan fingerprint density at radius 3 is 2.84 bits per heavy atom. The van der Waals surface area contributed by atoms with Gasteiger partial charge in [-0.3, -0.25) is 0 Å². The lowest BCUT2D eigenvalue weighted by Crippen LogP contribution is -2.00. The Bertz CT molecular complexity index is 569. The van der Waals surface area contributed by atoms with Crippen LogP contribution in [0.3, 0.4) is 0 Å². The third-order valence-corrected chi connectivity index (χ3v) is 3.65. The average Bonchev–Trinajstić information content (AvgIpc) is 2.71. The van der Waals surface area contributed by atoms with Gasteiger partial charge in [-0.05, 0) is 62.8 Å². The number of allylic oxidation sites excluding steroid dienone is 1. The first-order valence-corrected chi connectivity index (χ1v) is 7.29. The van der Waals surface area contributed by atoms with Gasteiger partial charge in [0.25, 0.3) is 0 Å². The van der Waals surface area contributed by atoms with Crippen LogP contribution in [0.5, 0.6) is 0 Å². The molecule has 0 radical (unpaired) electrons. The molecule has 0 bridgehead atoms. The fourth-order valence-corrected chi connectivity index (χ4v) is 2.81. The minimum Gasteiger partial charge on any atom is -0.312 e. The van der Waals surface area contributed by atoms with Gasteiger partial charge in [0.15, 0.2) is 0 Å². The van der Waals surface area contributed by atoms with Gasteiger partial charge in [0.1, 0.15) is 0 Å². The maximum atomic E-state index is 6.26. The number of imidazole rings is 1. The number of para-hydroxylation sites is 1. The first-order valence-electron chi connectivity index (χ1n) is 6.91. The molecule has 0 aliphatic heterocycles. The summed E-state index contributed by atoms with van der Waals surface area (Å²) < 4.78 is 2.09. The molecule has 2 aromatic rings. The highest BCUT2D eigenvalue weighted by molar-refractivity contribution is 6.29. The summed E-state index contributed by atoms with van der Waals surface area (Å²) in [5.41, 5.74) is 3.49. The van der Waals surface area contributed by atoms with Gasteiger partial charge in [-0.1, -0.05) is 18.2 Å². The zero-order valence-corrected chi connectivity index (χ0v) is 12.5. The fourth-order valence-electron chi connectivity index (χ4n) is 2.44. The minimum absolute atomic E-state index is 0.327. The van der Waals surface area contributed by atoms with Crippen molar-refractivity contribution in [2.75, 3.05) is 0 Å². The maximum Gasteiger partial charge on any atom is 0.204 e. The van der Waals surface area contributed by atoms with Crippen LogP contribution in [0.4, 0.5) is 0 Å². The Hall–Kier alpha value is -1.28. The molecule has 0 aliphatic rings. The van der Waals surface area contributed by atoms with E-state index in [1.165, 1.54) is 12.0 Å². The van der Waals surface area contributed by atoms with Crippen molar-refractivity contribution in [3.63, 3.8) is 0 Å². The highest BCUT2D eigenvalue weighted by Crippen LogP contribution is 2.27. The lowest BCUT2D eigenvalue weighted by atomic mass is 10.1.